The van der Waals surface area contributed by atoms with E-state index in [1.807, 2.05) is 6.20 Å². The Labute approximate surface area is 146 Å². The zero-order valence-corrected chi connectivity index (χ0v) is 15.3. The van der Waals surface area contributed by atoms with Gasteiger partial charge >= 0.3 is 0 Å². The Hall–Kier alpha value is -1.65. The number of aromatic nitrogens is 2. The van der Waals surface area contributed by atoms with Crippen LogP contribution in [0.5, 0.6) is 0 Å². The Balaban J connectivity index is 1.69. The average molecular weight is 326 g/mol. The van der Waals surface area contributed by atoms with Crippen LogP contribution in [0.15, 0.2) is 36.7 Å². The highest BCUT2D eigenvalue weighted by molar-refractivity contribution is 5.26. The molecule has 0 saturated carbocycles. The number of benzene rings is 1. The van der Waals surface area contributed by atoms with E-state index in [1.54, 1.807) is 0 Å². The number of aryl methyl sites for hydroxylation is 1. The number of likely N-dealkylation sites (tertiary alicyclic amines) is 1. The zero-order chi connectivity index (χ0) is 16.9. The predicted octanol–water partition coefficient (Wildman–Crippen LogP) is 3.69. The van der Waals surface area contributed by atoms with Crippen LogP contribution in [0.2, 0.25) is 0 Å². The van der Waals surface area contributed by atoms with E-state index < -0.39 is 0 Å². The molecule has 2 heterocycles. The monoisotopic (exact) mass is 326 g/mol. The maximum Gasteiger partial charge on any atom is 0.122 e. The maximum atomic E-state index is 4.59. The first-order valence-electron chi connectivity index (χ1n) is 9.15. The fourth-order valence-electron chi connectivity index (χ4n) is 3.72. The highest BCUT2D eigenvalue weighted by atomic mass is 15.2. The lowest BCUT2D eigenvalue weighted by atomic mass is 10.0. The van der Waals surface area contributed by atoms with E-state index in [9.17, 15) is 0 Å². The molecule has 0 spiro atoms. The van der Waals surface area contributed by atoms with E-state index in [2.05, 4.69) is 70.8 Å². The summed E-state index contributed by atoms with van der Waals surface area (Å²) in [5.41, 5.74) is 2.83. The molecule has 1 fully saturated rings. The fourth-order valence-corrected chi connectivity index (χ4v) is 3.72. The van der Waals surface area contributed by atoms with Gasteiger partial charge in [-0.1, -0.05) is 31.2 Å². The van der Waals surface area contributed by atoms with Gasteiger partial charge in [0.15, 0.2) is 0 Å². The molecule has 1 aliphatic heterocycles. The Morgan fingerprint density at radius 1 is 1.21 bits per heavy atom. The molecule has 3 rings (SSSR count). The molecule has 4 heteroatoms. The Morgan fingerprint density at radius 3 is 2.71 bits per heavy atom. The van der Waals surface area contributed by atoms with Crippen LogP contribution < -0.4 is 0 Å². The molecule has 0 N–H and O–H groups in total. The first-order chi connectivity index (χ1) is 11.7. The number of hydrogen-bond acceptors (Lipinski definition) is 3. The third kappa shape index (κ3) is 4.05. The summed E-state index contributed by atoms with van der Waals surface area (Å²) in [5.74, 6) is 1.20. The van der Waals surface area contributed by atoms with Gasteiger partial charge in [-0.2, -0.15) is 0 Å². The molecule has 0 radical (unpaired) electrons. The van der Waals surface area contributed by atoms with Gasteiger partial charge < -0.3 is 9.47 Å². The van der Waals surface area contributed by atoms with Gasteiger partial charge in [0.2, 0.25) is 0 Å². The molecular formula is C20H30N4. The molecule has 2 aromatic rings. The van der Waals surface area contributed by atoms with Crippen molar-refractivity contribution in [3.63, 3.8) is 0 Å². The lowest BCUT2D eigenvalue weighted by Gasteiger charge is -2.25. The van der Waals surface area contributed by atoms with E-state index in [0.717, 1.165) is 26.1 Å². The van der Waals surface area contributed by atoms with Gasteiger partial charge in [0.05, 0.1) is 6.54 Å². The maximum absolute atomic E-state index is 4.59. The van der Waals surface area contributed by atoms with Crippen LogP contribution in [0.3, 0.4) is 0 Å². The van der Waals surface area contributed by atoms with Gasteiger partial charge in [-0.05, 0) is 51.0 Å². The SMILES string of the molecule is CCCn1ccnc1CN1CCCC1c1ccc(CN(C)C)cc1. The summed E-state index contributed by atoms with van der Waals surface area (Å²) >= 11 is 0. The molecule has 0 aliphatic carbocycles. The van der Waals surface area contributed by atoms with E-state index in [4.69, 9.17) is 0 Å². The smallest absolute Gasteiger partial charge is 0.122 e. The van der Waals surface area contributed by atoms with Gasteiger partial charge in [0, 0.05) is 31.5 Å². The van der Waals surface area contributed by atoms with Crippen molar-refractivity contribution in [2.24, 2.45) is 0 Å². The van der Waals surface area contributed by atoms with E-state index in [1.165, 1.54) is 36.3 Å². The fraction of sp³-hybridized carbons (Fsp3) is 0.550. The normalized spacial score (nSPS) is 18.6. The standard InChI is InChI=1S/C20H30N4/c1-4-12-23-14-11-21-20(23)16-24-13-5-6-19(24)18-9-7-17(8-10-18)15-22(2)3/h7-11,14,19H,4-6,12-13,15-16H2,1-3H3. The summed E-state index contributed by atoms with van der Waals surface area (Å²) in [5, 5.41) is 0. The molecule has 1 aliphatic rings. The van der Waals surface area contributed by atoms with Crippen molar-refractivity contribution < 1.29 is 0 Å². The first-order valence-corrected chi connectivity index (χ1v) is 9.15. The van der Waals surface area contributed by atoms with Crippen LogP contribution in [-0.4, -0.2) is 40.0 Å². The molecule has 1 aromatic carbocycles. The number of rotatable bonds is 7. The predicted molar refractivity (Wildman–Crippen MR) is 98.7 cm³/mol. The van der Waals surface area contributed by atoms with Gasteiger partial charge in [-0.3, -0.25) is 4.90 Å². The van der Waals surface area contributed by atoms with E-state index in [0.29, 0.717) is 6.04 Å². The van der Waals surface area contributed by atoms with Crippen LogP contribution >= 0.6 is 0 Å². The second-order valence-electron chi connectivity index (χ2n) is 7.14. The third-order valence-corrected chi connectivity index (χ3v) is 4.84. The lowest BCUT2D eigenvalue weighted by molar-refractivity contribution is 0.238. The number of imidazole rings is 1. The second kappa shape index (κ2) is 7.95. The Morgan fingerprint density at radius 2 is 2.00 bits per heavy atom. The minimum atomic E-state index is 0.533. The van der Waals surface area contributed by atoms with Crippen LogP contribution in [0.4, 0.5) is 0 Å². The summed E-state index contributed by atoms with van der Waals surface area (Å²) in [6, 6.07) is 9.74. The highest BCUT2D eigenvalue weighted by Gasteiger charge is 2.26. The number of hydrogen-bond donors (Lipinski definition) is 0. The van der Waals surface area contributed by atoms with Crippen molar-refractivity contribution >= 4 is 0 Å². The molecular weight excluding hydrogens is 296 g/mol. The van der Waals surface area contributed by atoms with Crippen LogP contribution in [0.25, 0.3) is 0 Å². The topological polar surface area (TPSA) is 24.3 Å². The van der Waals surface area contributed by atoms with E-state index in [-0.39, 0.29) is 0 Å². The minimum Gasteiger partial charge on any atom is -0.334 e. The molecule has 0 bridgehead atoms. The molecule has 1 unspecified atom stereocenters. The Bertz CT molecular complexity index is 629. The Kier molecular flexibility index (Phi) is 5.69. The van der Waals surface area contributed by atoms with Crippen molar-refractivity contribution in [3.05, 3.63) is 53.6 Å². The second-order valence-corrected chi connectivity index (χ2v) is 7.14. The van der Waals surface area contributed by atoms with Crippen molar-refractivity contribution in [1.29, 1.82) is 0 Å². The molecule has 4 nitrogen and oxygen atoms in total. The molecule has 24 heavy (non-hydrogen) atoms. The third-order valence-electron chi connectivity index (χ3n) is 4.84. The van der Waals surface area contributed by atoms with Crippen LogP contribution in [-0.2, 0) is 19.6 Å². The van der Waals surface area contributed by atoms with E-state index >= 15 is 0 Å². The molecule has 1 saturated heterocycles. The average Bonchev–Trinajstić information content (AvgIpc) is 3.18. The van der Waals surface area contributed by atoms with Crippen molar-refractivity contribution in [3.8, 4) is 0 Å². The minimum absolute atomic E-state index is 0.533. The van der Waals surface area contributed by atoms with Gasteiger partial charge in [-0.25, -0.2) is 4.98 Å². The van der Waals surface area contributed by atoms with Gasteiger partial charge in [0.1, 0.15) is 5.82 Å². The molecule has 130 valence electrons. The molecule has 1 aromatic heterocycles. The van der Waals surface area contributed by atoms with Crippen LogP contribution in [0, 0.1) is 0 Å². The van der Waals surface area contributed by atoms with Crippen molar-refractivity contribution in [2.45, 2.75) is 51.9 Å². The summed E-state index contributed by atoms with van der Waals surface area (Å²) in [7, 11) is 4.23. The first kappa shape index (κ1) is 17.2. The quantitative estimate of drug-likeness (QED) is 0.775. The van der Waals surface area contributed by atoms with Crippen LogP contribution in [0.1, 0.15) is 49.2 Å². The largest absolute Gasteiger partial charge is 0.334 e. The summed E-state index contributed by atoms with van der Waals surface area (Å²) in [4.78, 5) is 9.39. The summed E-state index contributed by atoms with van der Waals surface area (Å²) in [6.07, 6.45) is 7.73. The molecule has 1 atom stereocenters. The van der Waals surface area contributed by atoms with Crippen molar-refractivity contribution in [2.75, 3.05) is 20.6 Å². The lowest BCUT2D eigenvalue weighted by Crippen LogP contribution is -2.24. The summed E-state index contributed by atoms with van der Waals surface area (Å²) in [6.45, 7) is 6.41. The van der Waals surface area contributed by atoms with Crippen molar-refractivity contribution in [1.82, 2.24) is 19.4 Å². The zero-order valence-electron chi connectivity index (χ0n) is 15.3. The van der Waals surface area contributed by atoms with Gasteiger partial charge in [-0.15, -0.1) is 0 Å². The van der Waals surface area contributed by atoms with Gasteiger partial charge in [0.25, 0.3) is 0 Å². The number of nitrogens with zero attached hydrogens (tertiary/aromatic N) is 4. The summed E-state index contributed by atoms with van der Waals surface area (Å²) < 4.78 is 2.30. The highest BCUT2D eigenvalue weighted by Crippen LogP contribution is 2.33. The molecule has 0 amide bonds.